The number of hydrogen-bond donors (Lipinski definition) is 0. The van der Waals surface area contributed by atoms with Crippen LogP contribution in [0.2, 0.25) is 0 Å². The van der Waals surface area contributed by atoms with Gasteiger partial charge in [0.1, 0.15) is 5.75 Å². The summed E-state index contributed by atoms with van der Waals surface area (Å²) in [4.78, 5) is 2.71. The van der Waals surface area contributed by atoms with E-state index >= 15 is 0 Å². The van der Waals surface area contributed by atoms with Gasteiger partial charge in [-0.15, -0.1) is 5.10 Å². The van der Waals surface area contributed by atoms with Crippen LogP contribution in [0.4, 0.5) is 0 Å². The summed E-state index contributed by atoms with van der Waals surface area (Å²) in [6.45, 7) is 5.05. The van der Waals surface area contributed by atoms with E-state index in [0.29, 0.717) is 24.0 Å². The van der Waals surface area contributed by atoms with Crippen LogP contribution in [0.1, 0.15) is 18.1 Å². The van der Waals surface area contributed by atoms with Crippen LogP contribution in [0.3, 0.4) is 0 Å². The molecule has 0 bridgehead atoms. The molecule has 26 heavy (non-hydrogen) atoms. The molecule has 0 fully saturated rings. The van der Waals surface area contributed by atoms with E-state index in [4.69, 9.17) is 21.4 Å². The largest absolute Gasteiger partial charge is 0.493 e. The van der Waals surface area contributed by atoms with Crippen LogP contribution in [-0.4, -0.2) is 27.8 Å². The highest BCUT2D eigenvalue weighted by atomic mass is 32.1. The molecule has 5 nitrogen and oxygen atoms in total. The van der Waals surface area contributed by atoms with E-state index in [9.17, 15) is 0 Å². The molecule has 6 heteroatoms. The molecule has 4 rings (SSSR count). The van der Waals surface area contributed by atoms with Gasteiger partial charge in [-0.25, -0.2) is 4.68 Å². The summed E-state index contributed by atoms with van der Waals surface area (Å²) in [5, 5.41) is 4.60. The smallest absolute Gasteiger partial charge is 0.288 e. The van der Waals surface area contributed by atoms with E-state index in [2.05, 4.69) is 34.3 Å². The van der Waals surface area contributed by atoms with Crippen LogP contribution in [0.5, 0.6) is 5.75 Å². The molecule has 0 aliphatic carbocycles. The van der Waals surface area contributed by atoms with Gasteiger partial charge in [-0.1, -0.05) is 36.4 Å². The molecular formula is C20H21N3O2S. The Morgan fingerprint density at radius 2 is 1.88 bits per heavy atom. The van der Waals surface area contributed by atoms with Gasteiger partial charge in [0.2, 0.25) is 0 Å². The molecule has 1 aliphatic heterocycles. The van der Waals surface area contributed by atoms with E-state index in [-0.39, 0.29) is 0 Å². The van der Waals surface area contributed by atoms with Crippen molar-refractivity contribution in [2.75, 3.05) is 13.2 Å². The summed E-state index contributed by atoms with van der Waals surface area (Å²) in [7, 11) is 0. The molecule has 0 N–H and O–H groups in total. The zero-order valence-corrected chi connectivity index (χ0v) is 15.5. The van der Waals surface area contributed by atoms with Crippen LogP contribution < -0.4 is 4.74 Å². The summed E-state index contributed by atoms with van der Waals surface area (Å²) in [5.41, 5.74) is 3.62. The molecule has 0 radical (unpaired) electrons. The van der Waals surface area contributed by atoms with Crippen molar-refractivity contribution in [3.63, 3.8) is 0 Å². The minimum atomic E-state index is 0.380. The van der Waals surface area contributed by atoms with Crippen molar-refractivity contribution in [3.05, 3.63) is 64.5 Å². The number of rotatable bonds is 5. The van der Waals surface area contributed by atoms with Crippen LogP contribution in [0, 0.1) is 4.84 Å². The first kappa shape index (κ1) is 17.0. The normalized spacial score (nSPS) is 14.2. The van der Waals surface area contributed by atoms with Gasteiger partial charge in [0.25, 0.3) is 10.7 Å². The Morgan fingerprint density at radius 1 is 1.12 bits per heavy atom. The average molecular weight is 367 g/mol. The molecule has 0 unspecified atom stereocenters. The first-order valence-corrected chi connectivity index (χ1v) is 9.24. The minimum absolute atomic E-state index is 0.380. The molecule has 3 aromatic rings. The highest BCUT2D eigenvalue weighted by molar-refractivity contribution is 7.71. The summed E-state index contributed by atoms with van der Waals surface area (Å²) in [6, 6.07) is 16.3. The molecule has 0 amide bonds. The Bertz CT molecular complexity index is 963. The van der Waals surface area contributed by atoms with Crippen molar-refractivity contribution in [2.24, 2.45) is 0 Å². The molecule has 0 atom stereocenters. The van der Waals surface area contributed by atoms with Crippen molar-refractivity contribution < 1.29 is 9.15 Å². The van der Waals surface area contributed by atoms with Gasteiger partial charge in [0, 0.05) is 13.1 Å². The Balaban J connectivity index is 1.56. The first-order valence-electron chi connectivity index (χ1n) is 8.84. The lowest BCUT2D eigenvalue weighted by atomic mass is 10.0. The van der Waals surface area contributed by atoms with Crippen molar-refractivity contribution in [1.29, 1.82) is 0 Å². The lowest BCUT2D eigenvalue weighted by Gasteiger charge is -2.28. The number of para-hydroxylation sites is 1. The number of aromatic nitrogens is 2. The third-order valence-electron chi connectivity index (χ3n) is 4.57. The lowest BCUT2D eigenvalue weighted by Crippen LogP contribution is -2.32. The van der Waals surface area contributed by atoms with Gasteiger partial charge in [0.05, 0.1) is 18.8 Å². The van der Waals surface area contributed by atoms with Crippen molar-refractivity contribution in [1.82, 2.24) is 14.7 Å². The highest BCUT2D eigenvalue weighted by Gasteiger charge is 2.18. The van der Waals surface area contributed by atoms with E-state index in [0.717, 1.165) is 30.8 Å². The predicted octanol–water partition coefficient (Wildman–Crippen LogP) is 4.29. The van der Waals surface area contributed by atoms with Crippen molar-refractivity contribution >= 4 is 12.2 Å². The number of benzene rings is 2. The van der Waals surface area contributed by atoms with Crippen LogP contribution in [-0.2, 0) is 19.6 Å². The Morgan fingerprint density at radius 3 is 2.73 bits per heavy atom. The van der Waals surface area contributed by atoms with Crippen LogP contribution in [0.25, 0.3) is 11.5 Å². The molecule has 2 aromatic carbocycles. The molecule has 1 aliphatic rings. The number of hydrogen-bond acceptors (Lipinski definition) is 5. The standard InChI is InChI=1S/C20H21N3O2S/c1-2-24-18-10-6-5-9-17(18)19-21-23(20(26)25-19)14-22-12-11-15-7-3-4-8-16(15)13-22/h3-10H,2,11-14H2,1H3. The Hall–Kier alpha value is -2.44. The average Bonchev–Trinajstić information content (AvgIpc) is 3.03. The quantitative estimate of drug-likeness (QED) is 0.630. The fourth-order valence-corrected chi connectivity index (χ4v) is 3.47. The van der Waals surface area contributed by atoms with Crippen molar-refractivity contribution in [2.45, 2.75) is 26.6 Å². The molecule has 0 spiro atoms. The number of ether oxygens (including phenoxy) is 1. The monoisotopic (exact) mass is 367 g/mol. The van der Waals surface area contributed by atoms with E-state index < -0.39 is 0 Å². The second kappa shape index (κ2) is 7.43. The molecule has 0 saturated carbocycles. The third kappa shape index (κ3) is 3.43. The third-order valence-corrected chi connectivity index (χ3v) is 4.86. The summed E-state index contributed by atoms with van der Waals surface area (Å²) in [6.07, 6.45) is 1.04. The van der Waals surface area contributed by atoms with Gasteiger partial charge < -0.3 is 9.15 Å². The van der Waals surface area contributed by atoms with Crippen LogP contribution in [0.15, 0.2) is 52.9 Å². The second-order valence-electron chi connectivity index (χ2n) is 6.31. The second-order valence-corrected chi connectivity index (χ2v) is 6.66. The summed E-state index contributed by atoms with van der Waals surface area (Å²) < 4.78 is 13.2. The van der Waals surface area contributed by atoms with Gasteiger partial charge in [-0.05, 0) is 48.8 Å². The maximum Gasteiger partial charge on any atom is 0.288 e. The fraction of sp³-hybridized carbons (Fsp3) is 0.300. The lowest BCUT2D eigenvalue weighted by molar-refractivity contribution is 0.186. The molecule has 1 aromatic heterocycles. The zero-order chi connectivity index (χ0) is 17.9. The fourth-order valence-electron chi connectivity index (χ4n) is 3.29. The van der Waals surface area contributed by atoms with Gasteiger partial charge >= 0.3 is 0 Å². The number of nitrogens with zero attached hydrogens (tertiary/aromatic N) is 3. The number of fused-ring (bicyclic) bond motifs is 1. The van der Waals surface area contributed by atoms with Crippen molar-refractivity contribution in [3.8, 4) is 17.2 Å². The van der Waals surface area contributed by atoms with E-state index in [1.807, 2.05) is 31.2 Å². The molecule has 134 valence electrons. The highest BCUT2D eigenvalue weighted by Crippen LogP contribution is 2.29. The molecular weight excluding hydrogens is 346 g/mol. The molecule has 2 heterocycles. The van der Waals surface area contributed by atoms with Gasteiger partial charge in [-0.2, -0.15) is 0 Å². The van der Waals surface area contributed by atoms with Gasteiger partial charge in [-0.3, -0.25) is 4.90 Å². The van der Waals surface area contributed by atoms with E-state index in [1.165, 1.54) is 11.1 Å². The Labute approximate surface area is 157 Å². The topological polar surface area (TPSA) is 43.4 Å². The predicted molar refractivity (Wildman–Crippen MR) is 102 cm³/mol. The van der Waals surface area contributed by atoms with E-state index in [1.54, 1.807) is 4.68 Å². The molecule has 0 saturated heterocycles. The SMILES string of the molecule is CCOc1ccccc1-c1nn(CN2CCc3ccccc3C2)c(=S)o1. The maximum atomic E-state index is 5.76. The van der Waals surface area contributed by atoms with Gasteiger partial charge in [0.15, 0.2) is 0 Å². The van der Waals surface area contributed by atoms with Crippen LogP contribution >= 0.6 is 12.2 Å². The summed E-state index contributed by atoms with van der Waals surface area (Å²) >= 11 is 5.39. The Kier molecular flexibility index (Phi) is 4.86. The minimum Gasteiger partial charge on any atom is -0.493 e. The zero-order valence-electron chi connectivity index (χ0n) is 14.7. The summed E-state index contributed by atoms with van der Waals surface area (Å²) in [5.74, 6) is 1.25. The maximum absolute atomic E-state index is 5.76. The first-order chi connectivity index (χ1) is 12.7.